The van der Waals surface area contributed by atoms with E-state index < -0.39 is 0 Å². The number of nitrogens with two attached hydrogens (primary N) is 1. The number of ether oxygens (including phenoxy) is 1. The Hall–Kier alpha value is -1.51. The Morgan fingerprint density at radius 3 is 2.43 bits per heavy atom. The summed E-state index contributed by atoms with van der Waals surface area (Å²) in [5.74, 6) is 1.45. The van der Waals surface area contributed by atoms with Crippen molar-refractivity contribution in [1.82, 2.24) is 0 Å². The van der Waals surface area contributed by atoms with Crippen LogP contribution in [0.1, 0.15) is 43.9 Å². The molecule has 0 heterocycles. The van der Waals surface area contributed by atoms with Crippen molar-refractivity contribution in [3.05, 3.63) is 58.6 Å². The molecule has 2 rings (SSSR count). The van der Waals surface area contributed by atoms with Crippen molar-refractivity contribution < 1.29 is 4.74 Å². The highest BCUT2D eigenvalue weighted by Crippen LogP contribution is 2.31. The van der Waals surface area contributed by atoms with Gasteiger partial charge in [0.15, 0.2) is 0 Å². The van der Waals surface area contributed by atoms with Gasteiger partial charge in [-0.05, 0) is 55.2 Å². The van der Waals surface area contributed by atoms with Gasteiger partial charge >= 0.3 is 0 Å². The van der Waals surface area contributed by atoms with E-state index in [1.165, 1.54) is 18.4 Å². The monoisotopic (exact) mass is 303 g/mol. The molecule has 0 aliphatic rings. The Morgan fingerprint density at radius 2 is 1.86 bits per heavy atom. The molecule has 0 radical (unpaired) electrons. The number of halogens is 1. The number of hydrogen-bond donors (Lipinski definition) is 1. The largest absolute Gasteiger partial charge is 0.456 e. The number of aryl methyl sites for hydroxylation is 1. The van der Waals surface area contributed by atoms with E-state index in [0.717, 1.165) is 17.7 Å². The minimum Gasteiger partial charge on any atom is -0.456 e. The van der Waals surface area contributed by atoms with Crippen molar-refractivity contribution in [2.24, 2.45) is 5.73 Å². The van der Waals surface area contributed by atoms with Crippen LogP contribution in [0, 0.1) is 0 Å². The molecule has 0 saturated carbocycles. The first-order valence-electron chi connectivity index (χ1n) is 7.42. The molecule has 1 atom stereocenters. The van der Waals surface area contributed by atoms with Crippen LogP contribution in [0.5, 0.6) is 11.5 Å². The second-order valence-corrected chi connectivity index (χ2v) is 5.74. The zero-order valence-electron chi connectivity index (χ0n) is 12.6. The van der Waals surface area contributed by atoms with Crippen molar-refractivity contribution in [1.29, 1.82) is 0 Å². The van der Waals surface area contributed by atoms with Crippen molar-refractivity contribution in [2.45, 2.75) is 39.2 Å². The minimum absolute atomic E-state index is 0.0330. The van der Waals surface area contributed by atoms with Crippen LogP contribution < -0.4 is 10.5 Å². The van der Waals surface area contributed by atoms with Gasteiger partial charge < -0.3 is 10.5 Å². The maximum atomic E-state index is 6.24. The lowest BCUT2D eigenvalue weighted by Gasteiger charge is -2.11. The topological polar surface area (TPSA) is 35.2 Å². The summed E-state index contributed by atoms with van der Waals surface area (Å²) in [5, 5.41) is 0.583. The zero-order chi connectivity index (χ0) is 15.2. The van der Waals surface area contributed by atoms with Crippen molar-refractivity contribution in [3.8, 4) is 11.5 Å². The Labute approximate surface area is 131 Å². The standard InChI is InChI=1S/C18H22ClNO/c1-3-4-5-14-6-9-16(10-7-14)21-18-11-8-15(13(2)20)12-17(18)19/h6-13H,3-5,20H2,1-2H3/t13-/m0/s1. The SMILES string of the molecule is CCCCc1ccc(Oc2ccc([C@H](C)N)cc2Cl)cc1. The third-order valence-corrected chi connectivity index (χ3v) is 3.75. The summed E-state index contributed by atoms with van der Waals surface area (Å²) >= 11 is 6.24. The molecule has 0 unspecified atom stereocenters. The van der Waals surface area contributed by atoms with Crippen molar-refractivity contribution in [2.75, 3.05) is 0 Å². The van der Waals surface area contributed by atoms with E-state index in [9.17, 15) is 0 Å². The Balaban J connectivity index is 2.07. The van der Waals surface area contributed by atoms with Gasteiger partial charge in [-0.15, -0.1) is 0 Å². The van der Waals surface area contributed by atoms with Crippen LogP contribution in [0.3, 0.4) is 0 Å². The molecule has 0 saturated heterocycles. The molecule has 0 bridgehead atoms. The second-order valence-electron chi connectivity index (χ2n) is 5.33. The van der Waals surface area contributed by atoms with E-state index in [-0.39, 0.29) is 6.04 Å². The van der Waals surface area contributed by atoms with Crippen LogP contribution in [0.4, 0.5) is 0 Å². The van der Waals surface area contributed by atoms with E-state index in [2.05, 4.69) is 19.1 Å². The normalized spacial score (nSPS) is 12.2. The van der Waals surface area contributed by atoms with Gasteiger partial charge in [0.25, 0.3) is 0 Å². The molecule has 3 heteroatoms. The molecule has 0 aliphatic heterocycles. The lowest BCUT2D eigenvalue weighted by Crippen LogP contribution is -2.04. The zero-order valence-corrected chi connectivity index (χ0v) is 13.4. The smallest absolute Gasteiger partial charge is 0.146 e. The quantitative estimate of drug-likeness (QED) is 0.765. The van der Waals surface area contributed by atoms with Crippen molar-refractivity contribution >= 4 is 11.6 Å². The molecular formula is C18H22ClNO. The summed E-state index contributed by atoms with van der Waals surface area (Å²) in [7, 11) is 0. The minimum atomic E-state index is -0.0330. The summed E-state index contributed by atoms with van der Waals surface area (Å²) in [5.41, 5.74) is 8.18. The fraction of sp³-hybridized carbons (Fsp3) is 0.333. The molecule has 0 fully saturated rings. The fourth-order valence-electron chi connectivity index (χ4n) is 2.12. The van der Waals surface area contributed by atoms with Crippen LogP contribution in [-0.4, -0.2) is 0 Å². The van der Waals surface area contributed by atoms with Gasteiger partial charge in [0.2, 0.25) is 0 Å². The average Bonchev–Trinajstić information content (AvgIpc) is 2.48. The molecule has 2 nitrogen and oxygen atoms in total. The van der Waals surface area contributed by atoms with Crippen LogP contribution in [0.15, 0.2) is 42.5 Å². The predicted octanol–water partition coefficient (Wildman–Crippen LogP) is 5.49. The maximum absolute atomic E-state index is 6.24. The Bertz CT molecular complexity index is 578. The molecule has 2 aromatic carbocycles. The third kappa shape index (κ3) is 4.48. The average molecular weight is 304 g/mol. The molecule has 0 amide bonds. The van der Waals surface area contributed by atoms with Crippen LogP contribution in [0.25, 0.3) is 0 Å². The molecule has 0 aromatic heterocycles. The summed E-state index contributed by atoms with van der Waals surface area (Å²) in [6.45, 7) is 4.13. The van der Waals surface area contributed by atoms with Crippen LogP contribution in [-0.2, 0) is 6.42 Å². The highest BCUT2D eigenvalue weighted by Gasteiger charge is 2.07. The summed E-state index contributed by atoms with van der Waals surface area (Å²) in [6.07, 6.45) is 3.53. The van der Waals surface area contributed by atoms with E-state index >= 15 is 0 Å². The molecule has 0 aliphatic carbocycles. The van der Waals surface area contributed by atoms with Gasteiger partial charge in [-0.3, -0.25) is 0 Å². The predicted molar refractivity (Wildman–Crippen MR) is 89.2 cm³/mol. The Morgan fingerprint density at radius 1 is 1.14 bits per heavy atom. The van der Waals surface area contributed by atoms with E-state index in [4.69, 9.17) is 22.1 Å². The number of rotatable bonds is 6. The van der Waals surface area contributed by atoms with Gasteiger partial charge in [-0.1, -0.05) is 43.1 Å². The summed E-state index contributed by atoms with van der Waals surface area (Å²) in [4.78, 5) is 0. The molecule has 112 valence electrons. The Kier molecular flexibility index (Phi) is 5.66. The number of benzene rings is 2. The number of unbranched alkanes of at least 4 members (excludes halogenated alkanes) is 1. The third-order valence-electron chi connectivity index (χ3n) is 3.45. The first-order chi connectivity index (χ1) is 10.1. The molecular weight excluding hydrogens is 282 g/mol. The molecule has 21 heavy (non-hydrogen) atoms. The molecule has 0 spiro atoms. The van der Waals surface area contributed by atoms with Gasteiger partial charge in [-0.2, -0.15) is 0 Å². The van der Waals surface area contributed by atoms with E-state index in [1.807, 2.05) is 37.3 Å². The highest BCUT2D eigenvalue weighted by molar-refractivity contribution is 6.32. The first kappa shape index (κ1) is 15.9. The van der Waals surface area contributed by atoms with Crippen molar-refractivity contribution in [3.63, 3.8) is 0 Å². The maximum Gasteiger partial charge on any atom is 0.146 e. The first-order valence-corrected chi connectivity index (χ1v) is 7.79. The van der Waals surface area contributed by atoms with E-state index in [1.54, 1.807) is 0 Å². The van der Waals surface area contributed by atoms with Gasteiger partial charge in [-0.25, -0.2) is 0 Å². The lowest BCUT2D eigenvalue weighted by molar-refractivity contribution is 0.482. The summed E-state index contributed by atoms with van der Waals surface area (Å²) in [6, 6.07) is 13.8. The van der Waals surface area contributed by atoms with E-state index in [0.29, 0.717) is 10.8 Å². The lowest BCUT2D eigenvalue weighted by atomic mass is 10.1. The summed E-state index contributed by atoms with van der Waals surface area (Å²) < 4.78 is 5.83. The van der Waals surface area contributed by atoms with Crippen LogP contribution >= 0.6 is 11.6 Å². The van der Waals surface area contributed by atoms with Gasteiger partial charge in [0.05, 0.1) is 5.02 Å². The van der Waals surface area contributed by atoms with Crippen LogP contribution in [0.2, 0.25) is 5.02 Å². The molecule has 2 aromatic rings. The number of hydrogen-bond acceptors (Lipinski definition) is 2. The molecule has 2 N–H and O–H groups in total. The highest BCUT2D eigenvalue weighted by atomic mass is 35.5. The second kappa shape index (κ2) is 7.48. The van der Waals surface area contributed by atoms with Gasteiger partial charge in [0, 0.05) is 6.04 Å². The fourth-order valence-corrected chi connectivity index (χ4v) is 2.34. The van der Waals surface area contributed by atoms with Gasteiger partial charge in [0.1, 0.15) is 11.5 Å².